The highest BCUT2D eigenvalue weighted by molar-refractivity contribution is 5.28. The van der Waals surface area contributed by atoms with E-state index in [0.717, 1.165) is 5.56 Å². The van der Waals surface area contributed by atoms with Crippen LogP contribution in [0.5, 0.6) is 5.75 Å². The van der Waals surface area contributed by atoms with Gasteiger partial charge in [-0.15, -0.1) is 0 Å². The van der Waals surface area contributed by atoms with Crippen LogP contribution in [0, 0.1) is 24.1 Å². The highest BCUT2D eigenvalue weighted by Crippen LogP contribution is 2.20. The van der Waals surface area contributed by atoms with E-state index in [-0.39, 0.29) is 11.7 Å². The van der Waals surface area contributed by atoms with Crippen LogP contribution in [0.25, 0.3) is 0 Å². The third-order valence-electron chi connectivity index (χ3n) is 3.11. The van der Waals surface area contributed by atoms with E-state index in [4.69, 9.17) is 4.74 Å². The summed E-state index contributed by atoms with van der Waals surface area (Å²) in [6.45, 7) is 2.40. The summed E-state index contributed by atoms with van der Waals surface area (Å²) in [6.07, 6.45) is 0.579. The van der Waals surface area contributed by atoms with Crippen LogP contribution in [-0.2, 0) is 0 Å². The normalized spacial score (nSPS) is 11.7. The first-order valence-electron chi connectivity index (χ1n) is 6.53. The Labute approximate surface area is 118 Å². The largest absolute Gasteiger partial charge is 0.493 e. The lowest BCUT2D eigenvalue weighted by molar-refractivity contribution is 0.304. The predicted octanol–water partition coefficient (Wildman–Crippen LogP) is 4.21. The molecule has 20 heavy (non-hydrogen) atoms. The second kappa shape index (κ2) is 6.72. The smallest absolute Gasteiger partial charge is 0.126 e. The second-order valence-electron chi connectivity index (χ2n) is 4.69. The molecule has 102 valence electrons. The van der Waals surface area contributed by atoms with Crippen molar-refractivity contribution in [2.24, 2.45) is 0 Å². The maximum absolute atomic E-state index is 13.0. The van der Waals surface area contributed by atoms with Crippen LogP contribution in [0.1, 0.15) is 23.5 Å². The van der Waals surface area contributed by atoms with Gasteiger partial charge in [-0.1, -0.05) is 35.9 Å². The maximum Gasteiger partial charge on any atom is 0.126 e. The number of ether oxygens (including phenoxy) is 1. The van der Waals surface area contributed by atoms with Crippen LogP contribution >= 0.6 is 0 Å². The molecule has 0 aliphatic rings. The minimum Gasteiger partial charge on any atom is -0.493 e. The Morgan fingerprint density at radius 2 is 1.95 bits per heavy atom. The fraction of sp³-hybridized carbons (Fsp3) is 0.235. The summed E-state index contributed by atoms with van der Waals surface area (Å²) < 4.78 is 18.5. The van der Waals surface area contributed by atoms with E-state index in [0.29, 0.717) is 18.8 Å². The van der Waals surface area contributed by atoms with Crippen molar-refractivity contribution in [3.05, 3.63) is 65.5 Å². The summed E-state index contributed by atoms with van der Waals surface area (Å²) >= 11 is 0. The first-order chi connectivity index (χ1) is 9.69. The number of halogens is 1. The van der Waals surface area contributed by atoms with Gasteiger partial charge in [-0.05, 0) is 24.6 Å². The molecule has 0 fully saturated rings. The van der Waals surface area contributed by atoms with Crippen molar-refractivity contribution < 1.29 is 9.13 Å². The van der Waals surface area contributed by atoms with Gasteiger partial charge < -0.3 is 4.74 Å². The predicted molar refractivity (Wildman–Crippen MR) is 76.0 cm³/mol. The molecule has 2 nitrogen and oxygen atoms in total. The van der Waals surface area contributed by atoms with Gasteiger partial charge in [0.1, 0.15) is 11.6 Å². The highest BCUT2D eigenvalue weighted by atomic mass is 19.1. The minimum atomic E-state index is -0.321. The van der Waals surface area contributed by atoms with Crippen molar-refractivity contribution in [1.29, 1.82) is 5.26 Å². The molecule has 1 unspecified atom stereocenters. The van der Waals surface area contributed by atoms with Crippen LogP contribution < -0.4 is 4.74 Å². The van der Waals surface area contributed by atoms with Gasteiger partial charge in [-0.25, -0.2) is 4.39 Å². The molecule has 0 heterocycles. The number of nitriles is 1. The molecule has 0 N–H and O–H groups in total. The van der Waals surface area contributed by atoms with E-state index in [1.165, 1.54) is 17.7 Å². The zero-order valence-electron chi connectivity index (χ0n) is 11.3. The monoisotopic (exact) mass is 269 g/mol. The van der Waals surface area contributed by atoms with Gasteiger partial charge in [-0.2, -0.15) is 5.26 Å². The van der Waals surface area contributed by atoms with Gasteiger partial charge in [0.25, 0.3) is 0 Å². The number of benzene rings is 2. The Bertz CT molecular complexity index is 601. The molecule has 0 bridgehead atoms. The Balaban J connectivity index is 1.92. The molecule has 0 aromatic heterocycles. The summed E-state index contributed by atoms with van der Waals surface area (Å²) in [5.74, 6) is -0.0346. The molecule has 0 aliphatic heterocycles. The van der Waals surface area contributed by atoms with E-state index >= 15 is 0 Å². The lowest BCUT2D eigenvalue weighted by atomic mass is 9.97. The minimum absolute atomic E-state index is 0.204. The topological polar surface area (TPSA) is 33.0 Å². The van der Waals surface area contributed by atoms with Gasteiger partial charge in [0.05, 0.1) is 18.6 Å². The molecule has 0 aliphatic carbocycles. The summed E-state index contributed by atoms with van der Waals surface area (Å²) in [4.78, 5) is 0. The van der Waals surface area contributed by atoms with Gasteiger partial charge in [0.15, 0.2) is 0 Å². The van der Waals surface area contributed by atoms with Crippen molar-refractivity contribution in [2.75, 3.05) is 6.61 Å². The highest BCUT2D eigenvalue weighted by Gasteiger charge is 2.10. The van der Waals surface area contributed by atoms with E-state index < -0.39 is 0 Å². The average molecular weight is 269 g/mol. The van der Waals surface area contributed by atoms with E-state index in [2.05, 4.69) is 6.07 Å². The summed E-state index contributed by atoms with van der Waals surface area (Å²) in [5.41, 5.74) is 2.15. The number of aryl methyl sites for hydroxylation is 1. The molecule has 0 saturated heterocycles. The lowest BCUT2D eigenvalue weighted by Gasteiger charge is -2.11. The van der Waals surface area contributed by atoms with Crippen LogP contribution in [-0.4, -0.2) is 6.61 Å². The van der Waals surface area contributed by atoms with E-state index in [1.54, 1.807) is 12.1 Å². The molecular weight excluding hydrogens is 253 g/mol. The SMILES string of the molecule is Cc1ccc(C(C#N)CCOc2cccc(F)c2)cc1. The molecule has 0 radical (unpaired) electrons. The van der Waals surface area contributed by atoms with Gasteiger partial charge >= 0.3 is 0 Å². The molecule has 3 heteroatoms. The molecule has 2 aromatic carbocycles. The van der Waals surface area contributed by atoms with Crippen molar-refractivity contribution in [3.8, 4) is 11.8 Å². The third-order valence-corrected chi connectivity index (χ3v) is 3.11. The Morgan fingerprint density at radius 3 is 2.60 bits per heavy atom. The number of nitrogens with zero attached hydrogens (tertiary/aromatic N) is 1. The van der Waals surface area contributed by atoms with Gasteiger partial charge in [0, 0.05) is 12.5 Å². The Hall–Kier alpha value is -2.34. The van der Waals surface area contributed by atoms with Crippen LogP contribution in [0.4, 0.5) is 4.39 Å². The van der Waals surface area contributed by atoms with Crippen molar-refractivity contribution in [1.82, 2.24) is 0 Å². The van der Waals surface area contributed by atoms with Crippen molar-refractivity contribution in [2.45, 2.75) is 19.3 Å². The zero-order valence-corrected chi connectivity index (χ0v) is 11.3. The molecule has 2 rings (SSSR count). The first kappa shape index (κ1) is 14.1. The maximum atomic E-state index is 13.0. The molecule has 2 aromatic rings. The second-order valence-corrected chi connectivity index (χ2v) is 4.69. The summed E-state index contributed by atoms with van der Waals surface area (Å²) in [5, 5.41) is 9.22. The Kier molecular flexibility index (Phi) is 4.73. The number of rotatable bonds is 5. The molecule has 0 saturated carbocycles. The molecule has 0 spiro atoms. The quantitative estimate of drug-likeness (QED) is 0.814. The third kappa shape index (κ3) is 3.83. The van der Waals surface area contributed by atoms with Crippen molar-refractivity contribution in [3.63, 3.8) is 0 Å². The molecular formula is C17H16FNO. The first-order valence-corrected chi connectivity index (χ1v) is 6.53. The summed E-state index contributed by atoms with van der Waals surface area (Å²) in [7, 11) is 0. The van der Waals surface area contributed by atoms with E-state index in [9.17, 15) is 9.65 Å². The van der Waals surface area contributed by atoms with E-state index in [1.807, 2.05) is 31.2 Å². The van der Waals surface area contributed by atoms with Crippen LogP contribution in [0.2, 0.25) is 0 Å². The van der Waals surface area contributed by atoms with Crippen LogP contribution in [0.15, 0.2) is 48.5 Å². The van der Waals surface area contributed by atoms with Crippen LogP contribution in [0.3, 0.4) is 0 Å². The van der Waals surface area contributed by atoms with Gasteiger partial charge in [-0.3, -0.25) is 0 Å². The zero-order chi connectivity index (χ0) is 14.4. The lowest BCUT2D eigenvalue weighted by Crippen LogP contribution is -2.04. The summed E-state index contributed by atoms with van der Waals surface area (Å²) in [6, 6.07) is 16.2. The standard InChI is InChI=1S/C17H16FNO/c1-13-5-7-14(8-6-13)15(12-19)9-10-20-17-4-2-3-16(18)11-17/h2-8,11,15H,9-10H2,1H3. The number of hydrogen-bond donors (Lipinski definition) is 0. The van der Waals surface area contributed by atoms with Gasteiger partial charge in [0.2, 0.25) is 0 Å². The number of hydrogen-bond acceptors (Lipinski definition) is 2. The fourth-order valence-corrected chi connectivity index (χ4v) is 1.96. The fourth-order valence-electron chi connectivity index (χ4n) is 1.96. The van der Waals surface area contributed by atoms with Crippen molar-refractivity contribution >= 4 is 0 Å². The Morgan fingerprint density at radius 1 is 1.20 bits per heavy atom. The molecule has 0 amide bonds. The average Bonchev–Trinajstić information content (AvgIpc) is 2.45. The molecule has 1 atom stereocenters.